The minimum absolute atomic E-state index is 0.390. The summed E-state index contributed by atoms with van der Waals surface area (Å²) in [5.41, 5.74) is -0.390. The molecule has 1 aromatic carbocycles. The summed E-state index contributed by atoms with van der Waals surface area (Å²) in [5, 5.41) is 2.34. The lowest BCUT2D eigenvalue weighted by molar-refractivity contribution is 0.176. The first kappa shape index (κ1) is 16.4. The van der Waals surface area contributed by atoms with Crippen LogP contribution in [0.4, 0.5) is 19.3 Å². The van der Waals surface area contributed by atoms with E-state index in [4.69, 9.17) is 0 Å². The standard InChI is InChI=1S/C17H20F2N4O/c1-12-20-7-10-23(12)11-13-5-8-22(9-6-13)17(24)21-16-14(18)3-2-4-15(16)19/h2-4,7,10,13H,5-6,8-9,11H2,1H3,(H,21,24). The molecule has 0 spiro atoms. The largest absolute Gasteiger partial charge is 0.335 e. The van der Waals surface area contributed by atoms with Crippen molar-refractivity contribution in [2.24, 2.45) is 5.92 Å². The van der Waals surface area contributed by atoms with Crippen molar-refractivity contribution in [3.63, 3.8) is 0 Å². The molecule has 5 nitrogen and oxygen atoms in total. The second-order valence-corrected chi connectivity index (χ2v) is 6.08. The van der Waals surface area contributed by atoms with Gasteiger partial charge >= 0.3 is 6.03 Å². The van der Waals surface area contributed by atoms with Crippen molar-refractivity contribution in [2.75, 3.05) is 18.4 Å². The number of urea groups is 1. The van der Waals surface area contributed by atoms with Crippen molar-refractivity contribution in [2.45, 2.75) is 26.3 Å². The number of halogens is 2. The molecule has 1 aliphatic rings. The van der Waals surface area contributed by atoms with Gasteiger partial charge in [-0.1, -0.05) is 6.07 Å². The number of nitrogens with zero attached hydrogens (tertiary/aromatic N) is 3. The predicted molar refractivity (Wildman–Crippen MR) is 86.6 cm³/mol. The normalized spacial score (nSPS) is 15.5. The van der Waals surface area contributed by atoms with Crippen LogP contribution in [0.15, 0.2) is 30.6 Å². The van der Waals surface area contributed by atoms with Gasteiger partial charge in [0.15, 0.2) is 0 Å². The molecule has 1 aliphatic heterocycles. The van der Waals surface area contributed by atoms with Crippen LogP contribution in [-0.4, -0.2) is 33.6 Å². The fourth-order valence-electron chi connectivity index (χ4n) is 3.00. The number of piperidine rings is 1. The van der Waals surface area contributed by atoms with Crippen LogP contribution in [0.3, 0.4) is 0 Å². The van der Waals surface area contributed by atoms with Crippen LogP contribution >= 0.6 is 0 Å². The lowest BCUT2D eigenvalue weighted by Gasteiger charge is -2.32. The van der Waals surface area contributed by atoms with Gasteiger partial charge in [0.25, 0.3) is 0 Å². The van der Waals surface area contributed by atoms with Crippen LogP contribution in [0.5, 0.6) is 0 Å². The van der Waals surface area contributed by atoms with E-state index < -0.39 is 23.4 Å². The molecule has 2 aromatic rings. The molecule has 7 heteroatoms. The van der Waals surface area contributed by atoms with E-state index in [-0.39, 0.29) is 0 Å². The summed E-state index contributed by atoms with van der Waals surface area (Å²) < 4.78 is 29.3. The molecule has 1 fully saturated rings. The average Bonchev–Trinajstić information content (AvgIpc) is 2.97. The monoisotopic (exact) mass is 334 g/mol. The van der Waals surface area contributed by atoms with E-state index in [0.29, 0.717) is 19.0 Å². The maximum atomic E-state index is 13.6. The van der Waals surface area contributed by atoms with Crippen LogP contribution in [0.1, 0.15) is 18.7 Å². The number of hydrogen-bond donors (Lipinski definition) is 1. The third kappa shape index (κ3) is 3.55. The van der Waals surface area contributed by atoms with Crippen molar-refractivity contribution < 1.29 is 13.6 Å². The number of carbonyl (C=O) groups excluding carboxylic acids is 1. The van der Waals surface area contributed by atoms with Gasteiger partial charge in [-0.3, -0.25) is 0 Å². The quantitative estimate of drug-likeness (QED) is 0.935. The third-order valence-corrected chi connectivity index (χ3v) is 4.47. The lowest BCUT2D eigenvalue weighted by Crippen LogP contribution is -2.42. The summed E-state index contributed by atoms with van der Waals surface area (Å²) in [5.74, 6) is -0.0972. The summed E-state index contributed by atoms with van der Waals surface area (Å²) in [7, 11) is 0. The molecule has 0 atom stereocenters. The Hall–Kier alpha value is -2.44. The molecule has 0 aliphatic carbocycles. The van der Waals surface area contributed by atoms with E-state index in [2.05, 4.69) is 14.9 Å². The topological polar surface area (TPSA) is 50.2 Å². The van der Waals surface area contributed by atoms with Gasteiger partial charge < -0.3 is 14.8 Å². The maximum absolute atomic E-state index is 13.6. The first-order chi connectivity index (χ1) is 11.5. The van der Waals surface area contributed by atoms with Gasteiger partial charge in [0.2, 0.25) is 0 Å². The van der Waals surface area contributed by atoms with E-state index in [1.54, 1.807) is 11.1 Å². The Morgan fingerprint density at radius 1 is 1.29 bits per heavy atom. The van der Waals surface area contributed by atoms with Crippen molar-refractivity contribution in [1.29, 1.82) is 0 Å². The van der Waals surface area contributed by atoms with Crippen LogP contribution < -0.4 is 5.32 Å². The molecule has 0 unspecified atom stereocenters. The molecule has 1 saturated heterocycles. The van der Waals surface area contributed by atoms with Crippen molar-refractivity contribution in [3.05, 3.63) is 48.1 Å². The minimum Gasteiger partial charge on any atom is -0.335 e. The number of nitrogens with one attached hydrogen (secondary N) is 1. The fourth-order valence-corrected chi connectivity index (χ4v) is 3.00. The molecule has 0 bridgehead atoms. The second-order valence-electron chi connectivity index (χ2n) is 6.08. The van der Waals surface area contributed by atoms with Gasteiger partial charge in [0.05, 0.1) is 0 Å². The van der Waals surface area contributed by atoms with Crippen molar-refractivity contribution in [1.82, 2.24) is 14.5 Å². The molecule has 128 valence electrons. The van der Waals surface area contributed by atoms with E-state index in [1.165, 1.54) is 6.07 Å². The number of aryl methyl sites for hydroxylation is 1. The third-order valence-electron chi connectivity index (χ3n) is 4.47. The maximum Gasteiger partial charge on any atom is 0.322 e. The number of carbonyl (C=O) groups is 1. The summed E-state index contributed by atoms with van der Waals surface area (Å²) in [6, 6.07) is 3.05. The van der Waals surface area contributed by atoms with Gasteiger partial charge in [0, 0.05) is 32.0 Å². The van der Waals surface area contributed by atoms with Gasteiger partial charge in [-0.25, -0.2) is 18.6 Å². The molecule has 2 heterocycles. The number of benzene rings is 1. The van der Waals surface area contributed by atoms with E-state index in [1.807, 2.05) is 13.1 Å². The Kier molecular flexibility index (Phi) is 4.78. The number of para-hydroxylation sites is 1. The fraction of sp³-hybridized carbons (Fsp3) is 0.412. The number of hydrogen-bond acceptors (Lipinski definition) is 2. The SMILES string of the molecule is Cc1nccn1CC1CCN(C(=O)Nc2c(F)cccc2F)CC1. The molecule has 1 aromatic heterocycles. The molecule has 24 heavy (non-hydrogen) atoms. The summed E-state index contributed by atoms with van der Waals surface area (Å²) in [4.78, 5) is 18.0. The Bertz CT molecular complexity index is 703. The van der Waals surface area contributed by atoms with Gasteiger partial charge in [-0.05, 0) is 37.8 Å². The van der Waals surface area contributed by atoms with Crippen LogP contribution in [-0.2, 0) is 6.54 Å². The summed E-state index contributed by atoms with van der Waals surface area (Å²) in [6.07, 6.45) is 5.44. The highest BCUT2D eigenvalue weighted by Gasteiger charge is 2.24. The minimum atomic E-state index is -0.770. The first-order valence-corrected chi connectivity index (χ1v) is 8.02. The van der Waals surface area contributed by atoms with Crippen LogP contribution in [0.2, 0.25) is 0 Å². The Balaban J connectivity index is 1.54. The smallest absolute Gasteiger partial charge is 0.322 e. The highest BCUT2D eigenvalue weighted by molar-refractivity contribution is 5.89. The number of aromatic nitrogens is 2. The summed E-state index contributed by atoms with van der Waals surface area (Å²) >= 11 is 0. The van der Waals surface area contributed by atoms with Crippen LogP contribution in [0.25, 0.3) is 0 Å². The van der Waals surface area contributed by atoms with Crippen molar-refractivity contribution in [3.8, 4) is 0 Å². The highest BCUT2D eigenvalue weighted by Crippen LogP contribution is 2.22. The van der Waals surface area contributed by atoms with E-state index in [9.17, 15) is 13.6 Å². The van der Waals surface area contributed by atoms with E-state index in [0.717, 1.165) is 37.3 Å². The Labute approximate surface area is 139 Å². The first-order valence-electron chi connectivity index (χ1n) is 8.02. The van der Waals surface area contributed by atoms with E-state index >= 15 is 0 Å². The Morgan fingerprint density at radius 3 is 2.54 bits per heavy atom. The second kappa shape index (κ2) is 6.98. The van der Waals surface area contributed by atoms with Gasteiger partial charge in [-0.15, -0.1) is 0 Å². The zero-order valence-corrected chi connectivity index (χ0v) is 13.5. The molecule has 3 rings (SSSR count). The molecule has 2 amide bonds. The average molecular weight is 334 g/mol. The molecule has 1 N–H and O–H groups in total. The lowest BCUT2D eigenvalue weighted by atomic mass is 9.97. The number of likely N-dealkylation sites (tertiary alicyclic amines) is 1. The number of rotatable bonds is 3. The summed E-state index contributed by atoms with van der Waals surface area (Å²) in [6.45, 7) is 3.98. The zero-order valence-electron chi connectivity index (χ0n) is 13.5. The number of anilines is 1. The molecule has 0 radical (unpaired) electrons. The molecular formula is C17H20F2N4O. The zero-order chi connectivity index (χ0) is 17.1. The van der Waals surface area contributed by atoms with Crippen LogP contribution in [0, 0.1) is 24.5 Å². The molecule has 0 saturated carbocycles. The van der Waals surface area contributed by atoms with Gasteiger partial charge in [0.1, 0.15) is 23.1 Å². The van der Waals surface area contributed by atoms with Crippen molar-refractivity contribution >= 4 is 11.7 Å². The number of imidazole rings is 1. The number of amides is 2. The Morgan fingerprint density at radius 2 is 1.96 bits per heavy atom. The highest BCUT2D eigenvalue weighted by atomic mass is 19.1. The predicted octanol–water partition coefficient (Wildman–Crippen LogP) is 3.41. The van der Waals surface area contributed by atoms with Gasteiger partial charge in [-0.2, -0.15) is 0 Å². The molecular weight excluding hydrogens is 314 g/mol.